The van der Waals surface area contributed by atoms with Crippen LogP contribution in [0.1, 0.15) is 5.56 Å². The van der Waals surface area contributed by atoms with Crippen LogP contribution in [0.2, 0.25) is 0 Å². The van der Waals surface area contributed by atoms with E-state index in [0.29, 0.717) is 5.56 Å². The van der Waals surface area contributed by atoms with Gasteiger partial charge < -0.3 is 10.3 Å². The summed E-state index contributed by atoms with van der Waals surface area (Å²) in [7, 11) is 0. The van der Waals surface area contributed by atoms with Crippen LogP contribution in [0.15, 0.2) is 58.5 Å². The van der Waals surface area contributed by atoms with Crippen molar-refractivity contribution in [2.45, 2.75) is 5.16 Å². The van der Waals surface area contributed by atoms with E-state index in [-0.39, 0.29) is 33.5 Å². The summed E-state index contributed by atoms with van der Waals surface area (Å²) in [6.07, 6.45) is 0. The van der Waals surface area contributed by atoms with Crippen molar-refractivity contribution in [3.8, 4) is 17.3 Å². The molecule has 0 saturated carbocycles. The van der Waals surface area contributed by atoms with Crippen molar-refractivity contribution in [3.05, 3.63) is 80.4 Å². The van der Waals surface area contributed by atoms with Crippen LogP contribution < -0.4 is 10.9 Å². The van der Waals surface area contributed by atoms with Crippen LogP contribution in [0.5, 0.6) is 0 Å². The van der Waals surface area contributed by atoms with Gasteiger partial charge in [0.15, 0.2) is 5.16 Å². The van der Waals surface area contributed by atoms with Crippen molar-refractivity contribution in [2.75, 3.05) is 11.1 Å². The molecular formula is C19H12FN5O4S. The molecule has 0 fully saturated rings. The third-order valence-corrected chi connectivity index (χ3v) is 4.68. The van der Waals surface area contributed by atoms with Crippen LogP contribution in [0.25, 0.3) is 11.3 Å². The lowest BCUT2D eigenvalue weighted by atomic mass is 10.1. The fourth-order valence-electron chi connectivity index (χ4n) is 2.47. The third-order valence-electron chi connectivity index (χ3n) is 3.81. The average Bonchev–Trinajstić information content (AvgIpc) is 2.72. The second-order valence-corrected chi connectivity index (χ2v) is 6.82. The molecule has 3 rings (SSSR count). The molecule has 0 atom stereocenters. The van der Waals surface area contributed by atoms with Gasteiger partial charge in [-0.25, -0.2) is 9.37 Å². The number of nitrogens with zero attached hydrogens (tertiary/aromatic N) is 3. The Balaban J connectivity index is 1.77. The van der Waals surface area contributed by atoms with E-state index in [2.05, 4.69) is 15.3 Å². The largest absolute Gasteiger partial charge is 0.325 e. The molecule has 1 heterocycles. The zero-order valence-corrected chi connectivity index (χ0v) is 15.9. The summed E-state index contributed by atoms with van der Waals surface area (Å²) >= 11 is 0.908. The highest BCUT2D eigenvalue weighted by Crippen LogP contribution is 2.23. The number of aromatic amines is 1. The molecule has 1 aromatic heterocycles. The molecule has 11 heteroatoms. The number of hydrogen-bond acceptors (Lipinski definition) is 7. The van der Waals surface area contributed by atoms with Crippen molar-refractivity contribution < 1.29 is 14.1 Å². The number of H-pyrrole nitrogens is 1. The summed E-state index contributed by atoms with van der Waals surface area (Å²) in [5.41, 5.74) is -0.379. The van der Waals surface area contributed by atoms with Crippen molar-refractivity contribution in [3.63, 3.8) is 0 Å². The Morgan fingerprint density at radius 3 is 2.70 bits per heavy atom. The summed E-state index contributed by atoms with van der Waals surface area (Å²) in [6.45, 7) is 0. The molecule has 0 aliphatic carbocycles. The quantitative estimate of drug-likeness (QED) is 0.267. The topological polar surface area (TPSA) is 142 Å². The van der Waals surface area contributed by atoms with Gasteiger partial charge in [0.2, 0.25) is 5.91 Å². The van der Waals surface area contributed by atoms with Crippen molar-refractivity contribution in [1.29, 1.82) is 5.26 Å². The van der Waals surface area contributed by atoms with Gasteiger partial charge in [0.05, 0.1) is 16.4 Å². The van der Waals surface area contributed by atoms with Gasteiger partial charge in [0, 0.05) is 23.4 Å². The highest BCUT2D eigenvalue weighted by Gasteiger charge is 2.15. The number of nitrogens with one attached hydrogen (secondary N) is 2. The van der Waals surface area contributed by atoms with E-state index >= 15 is 0 Å². The van der Waals surface area contributed by atoms with E-state index < -0.39 is 22.2 Å². The van der Waals surface area contributed by atoms with E-state index in [9.17, 15) is 29.4 Å². The number of aromatic nitrogens is 2. The van der Waals surface area contributed by atoms with E-state index in [0.717, 1.165) is 11.8 Å². The van der Waals surface area contributed by atoms with Gasteiger partial charge in [-0.15, -0.1) is 0 Å². The second-order valence-electron chi connectivity index (χ2n) is 5.86. The molecule has 0 aliphatic heterocycles. The number of nitro benzene ring substituents is 1. The lowest BCUT2D eigenvalue weighted by molar-refractivity contribution is -0.384. The molecule has 0 spiro atoms. The minimum Gasteiger partial charge on any atom is -0.325 e. The molecule has 2 aromatic carbocycles. The number of hydrogen-bond donors (Lipinski definition) is 2. The summed E-state index contributed by atoms with van der Waals surface area (Å²) in [5.74, 6) is -1.11. The molecule has 9 nitrogen and oxygen atoms in total. The molecule has 30 heavy (non-hydrogen) atoms. The summed E-state index contributed by atoms with van der Waals surface area (Å²) in [6, 6.07) is 12.4. The number of rotatable bonds is 6. The third kappa shape index (κ3) is 4.86. The van der Waals surface area contributed by atoms with Crippen LogP contribution in [0, 0.1) is 27.3 Å². The van der Waals surface area contributed by atoms with Crippen LogP contribution in [0.3, 0.4) is 0 Å². The fraction of sp³-hybridized carbons (Fsp3) is 0.0526. The normalized spacial score (nSPS) is 10.3. The maximum absolute atomic E-state index is 13.2. The molecule has 150 valence electrons. The van der Waals surface area contributed by atoms with Crippen molar-refractivity contribution in [1.82, 2.24) is 9.97 Å². The number of halogens is 1. The van der Waals surface area contributed by atoms with Crippen LogP contribution in [-0.4, -0.2) is 26.6 Å². The predicted octanol–water partition coefficient (Wildman–Crippen LogP) is 3.09. The summed E-state index contributed by atoms with van der Waals surface area (Å²) in [5, 5.41) is 22.7. The highest BCUT2D eigenvalue weighted by atomic mass is 32.2. The average molecular weight is 425 g/mol. The SMILES string of the molecule is N#Cc1c(-c2ccc(F)cc2)nc(SCC(=O)Nc2cccc([N+](=O)[O-])c2)[nH]c1=O. The standard InChI is InChI=1S/C19H12FN5O4S/c20-12-6-4-11(5-7-12)17-15(9-21)18(27)24-19(23-17)30-10-16(26)22-13-2-1-3-14(8-13)25(28)29/h1-8H,10H2,(H,22,26)(H,23,24,27). The number of nitriles is 1. The Morgan fingerprint density at radius 1 is 1.30 bits per heavy atom. The first-order chi connectivity index (χ1) is 14.4. The smallest absolute Gasteiger partial charge is 0.271 e. The number of benzene rings is 2. The van der Waals surface area contributed by atoms with Gasteiger partial charge in [0.25, 0.3) is 11.2 Å². The minimum atomic E-state index is -0.687. The van der Waals surface area contributed by atoms with Crippen LogP contribution in [0.4, 0.5) is 15.8 Å². The lowest BCUT2D eigenvalue weighted by Gasteiger charge is -2.07. The molecule has 0 bridgehead atoms. The van der Waals surface area contributed by atoms with Crippen molar-refractivity contribution in [2.24, 2.45) is 0 Å². The van der Waals surface area contributed by atoms with E-state index in [1.807, 2.05) is 0 Å². The van der Waals surface area contributed by atoms with Gasteiger partial charge in [-0.2, -0.15) is 5.26 Å². The minimum absolute atomic E-state index is 0.0721. The molecule has 0 saturated heterocycles. The molecule has 3 aromatic rings. The number of anilines is 1. The second kappa shape index (κ2) is 8.97. The number of carbonyl (C=O) groups is 1. The van der Waals surface area contributed by atoms with Gasteiger partial charge in [0.1, 0.15) is 17.4 Å². The Bertz CT molecular complexity index is 1220. The summed E-state index contributed by atoms with van der Waals surface area (Å²) < 4.78 is 13.2. The van der Waals surface area contributed by atoms with Gasteiger partial charge in [-0.05, 0) is 30.3 Å². The molecule has 0 aliphatic rings. The van der Waals surface area contributed by atoms with Crippen LogP contribution >= 0.6 is 11.8 Å². The van der Waals surface area contributed by atoms with E-state index in [4.69, 9.17) is 0 Å². The summed E-state index contributed by atoms with van der Waals surface area (Å²) in [4.78, 5) is 41.2. The van der Waals surface area contributed by atoms with Crippen LogP contribution in [-0.2, 0) is 4.79 Å². The monoisotopic (exact) mass is 425 g/mol. The van der Waals surface area contributed by atoms with Crippen molar-refractivity contribution >= 4 is 29.0 Å². The maximum atomic E-state index is 13.2. The molecular weight excluding hydrogens is 413 g/mol. The molecule has 1 amide bonds. The molecule has 2 N–H and O–H groups in total. The highest BCUT2D eigenvalue weighted by molar-refractivity contribution is 7.99. The first-order valence-electron chi connectivity index (χ1n) is 8.35. The van der Waals surface area contributed by atoms with Gasteiger partial charge in [-0.1, -0.05) is 17.8 Å². The number of thioether (sulfide) groups is 1. The first-order valence-corrected chi connectivity index (χ1v) is 9.33. The Hall–Kier alpha value is -4.04. The molecule has 0 unspecified atom stereocenters. The number of amides is 1. The predicted molar refractivity (Wildman–Crippen MR) is 107 cm³/mol. The zero-order chi connectivity index (χ0) is 21.7. The van der Waals surface area contributed by atoms with Gasteiger partial charge in [-0.3, -0.25) is 19.7 Å². The first kappa shape index (κ1) is 20.7. The number of non-ortho nitro benzene ring substituents is 1. The van der Waals surface area contributed by atoms with Gasteiger partial charge >= 0.3 is 0 Å². The van der Waals surface area contributed by atoms with E-state index in [1.54, 1.807) is 6.07 Å². The Kier molecular flexibility index (Phi) is 6.19. The Labute approximate surface area is 172 Å². The maximum Gasteiger partial charge on any atom is 0.271 e. The van der Waals surface area contributed by atoms with E-state index in [1.165, 1.54) is 48.5 Å². The zero-order valence-electron chi connectivity index (χ0n) is 15.1. The molecule has 0 radical (unpaired) electrons. The number of nitro groups is 1. The fourth-order valence-corrected chi connectivity index (χ4v) is 3.13. The Morgan fingerprint density at radius 2 is 2.03 bits per heavy atom. The number of carbonyl (C=O) groups excluding carboxylic acids is 1. The lowest BCUT2D eigenvalue weighted by Crippen LogP contribution is -2.17.